The van der Waals surface area contributed by atoms with E-state index < -0.39 is 0 Å². The second kappa shape index (κ2) is 12.3. The third-order valence-electron chi connectivity index (χ3n) is 8.49. The molecule has 1 amide bonds. The lowest BCUT2D eigenvalue weighted by atomic mass is 9.83. The first kappa shape index (κ1) is 25.3. The summed E-state index contributed by atoms with van der Waals surface area (Å²) in [4.78, 5) is 27.7. The fourth-order valence-corrected chi connectivity index (χ4v) is 6.30. The zero-order chi connectivity index (χ0) is 23.9. The maximum Gasteiger partial charge on any atom is 0.220 e. The fraction of sp³-hybridized carbons (Fsp3) is 0.714. The van der Waals surface area contributed by atoms with Gasteiger partial charge in [-0.15, -0.1) is 0 Å². The molecule has 1 aromatic rings. The molecule has 34 heavy (non-hydrogen) atoms. The van der Waals surface area contributed by atoms with Crippen LogP contribution in [-0.2, 0) is 9.53 Å². The van der Waals surface area contributed by atoms with E-state index in [0.717, 1.165) is 64.1 Å². The van der Waals surface area contributed by atoms with Crippen LogP contribution in [0.2, 0.25) is 0 Å². The minimum atomic E-state index is -0.299. The summed E-state index contributed by atoms with van der Waals surface area (Å²) in [7, 11) is 1.76. The van der Waals surface area contributed by atoms with Gasteiger partial charge in [-0.25, -0.2) is 4.39 Å². The predicted molar refractivity (Wildman–Crippen MR) is 131 cm³/mol. The van der Waals surface area contributed by atoms with Crippen molar-refractivity contribution in [2.45, 2.75) is 82.8 Å². The Kier molecular flexibility index (Phi) is 9.12. The first-order valence-electron chi connectivity index (χ1n) is 13.4. The quantitative estimate of drug-likeness (QED) is 0.515. The van der Waals surface area contributed by atoms with Gasteiger partial charge in [0.25, 0.3) is 0 Å². The van der Waals surface area contributed by atoms with E-state index in [1.54, 1.807) is 19.2 Å². The van der Waals surface area contributed by atoms with E-state index in [1.165, 1.54) is 37.8 Å². The third kappa shape index (κ3) is 6.88. The van der Waals surface area contributed by atoms with Gasteiger partial charge in [-0.1, -0.05) is 6.42 Å². The van der Waals surface area contributed by atoms with E-state index in [-0.39, 0.29) is 29.5 Å². The van der Waals surface area contributed by atoms with E-state index in [1.807, 2.05) is 0 Å². The molecule has 2 saturated carbocycles. The molecule has 3 aliphatic rings. The van der Waals surface area contributed by atoms with E-state index in [4.69, 9.17) is 4.74 Å². The number of hydrogen-bond donors (Lipinski definition) is 1. The van der Waals surface area contributed by atoms with Gasteiger partial charge in [0.1, 0.15) is 5.82 Å². The van der Waals surface area contributed by atoms with Crippen molar-refractivity contribution in [3.8, 4) is 0 Å². The molecule has 1 heterocycles. The van der Waals surface area contributed by atoms with Crippen LogP contribution < -0.4 is 5.32 Å². The Morgan fingerprint density at radius 2 is 1.71 bits per heavy atom. The summed E-state index contributed by atoms with van der Waals surface area (Å²) in [6.45, 7) is 3.03. The molecule has 3 fully saturated rings. The Morgan fingerprint density at radius 3 is 2.38 bits per heavy atom. The van der Waals surface area contributed by atoms with Crippen molar-refractivity contribution in [1.29, 1.82) is 0 Å². The number of ether oxygens (including phenoxy) is 1. The Balaban J connectivity index is 1.10. The first-order valence-corrected chi connectivity index (χ1v) is 13.4. The van der Waals surface area contributed by atoms with Gasteiger partial charge >= 0.3 is 0 Å². The van der Waals surface area contributed by atoms with Crippen LogP contribution in [-0.4, -0.2) is 55.5 Å². The van der Waals surface area contributed by atoms with E-state index >= 15 is 0 Å². The minimum Gasteiger partial charge on any atom is -0.381 e. The molecule has 0 spiro atoms. The molecule has 188 valence electrons. The van der Waals surface area contributed by atoms with Gasteiger partial charge in [0.2, 0.25) is 5.91 Å². The Labute approximate surface area is 203 Å². The molecule has 1 saturated heterocycles. The van der Waals surface area contributed by atoms with Gasteiger partial charge in [0.05, 0.1) is 6.10 Å². The van der Waals surface area contributed by atoms with Crippen molar-refractivity contribution < 1.29 is 18.7 Å². The summed E-state index contributed by atoms with van der Waals surface area (Å²) in [6, 6.07) is 6.28. The van der Waals surface area contributed by atoms with Crippen molar-refractivity contribution in [1.82, 2.24) is 10.2 Å². The normalized spacial score (nSPS) is 28.6. The monoisotopic (exact) mass is 472 g/mol. The summed E-state index contributed by atoms with van der Waals surface area (Å²) in [6.07, 6.45) is 11.8. The number of benzene rings is 1. The Hall–Kier alpha value is -1.79. The molecular weight excluding hydrogens is 431 g/mol. The summed E-state index contributed by atoms with van der Waals surface area (Å²) in [5.41, 5.74) is 0.630. The van der Waals surface area contributed by atoms with Crippen molar-refractivity contribution in [3.05, 3.63) is 35.6 Å². The highest BCUT2D eigenvalue weighted by Crippen LogP contribution is 2.31. The lowest BCUT2D eigenvalue weighted by Gasteiger charge is -2.34. The van der Waals surface area contributed by atoms with E-state index in [0.29, 0.717) is 23.9 Å². The van der Waals surface area contributed by atoms with Crippen molar-refractivity contribution in [2.75, 3.05) is 26.7 Å². The second-order valence-electron chi connectivity index (χ2n) is 10.7. The van der Waals surface area contributed by atoms with Crippen LogP contribution in [0, 0.1) is 23.6 Å². The Bertz CT molecular complexity index is 798. The summed E-state index contributed by atoms with van der Waals surface area (Å²) in [5.74, 6) is 1.24. The highest BCUT2D eigenvalue weighted by molar-refractivity contribution is 5.97. The smallest absolute Gasteiger partial charge is 0.220 e. The fourth-order valence-electron chi connectivity index (χ4n) is 6.30. The van der Waals surface area contributed by atoms with Crippen LogP contribution in [0.3, 0.4) is 0 Å². The number of halogens is 1. The average Bonchev–Trinajstić information content (AvgIpc) is 3.31. The number of methoxy groups -OCH3 is 1. The number of rotatable bonds is 9. The standard InChI is InChI=1S/C28H41FN2O3/c1-34-26-4-2-3-23(26)19-27(32)30-25-11-5-20(6-12-25)13-16-31-17-14-22(15-18-31)28(33)21-7-9-24(29)10-8-21/h7-10,20,22-23,25-26H,2-6,11-19H2,1H3,(H,30,32)/t20?,23?,25?,26-/m1/s1. The number of piperidine rings is 1. The van der Waals surface area contributed by atoms with Crippen molar-refractivity contribution in [3.63, 3.8) is 0 Å². The van der Waals surface area contributed by atoms with Gasteiger partial charge in [-0.2, -0.15) is 0 Å². The molecule has 1 aromatic carbocycles. The molecule has 0 radical (unpaired) electrons. The van der Waals surface area contributed by atoms with Gasteiger partial charge in [-0.05, 0) is 114 Å². The zero-order valence-electron chi connectivity index (χ0n) is 20.6. The number of amides is 1. The number of likely N-dealkylation sites (tertiary alicyclic amines) is 1. The minimum absolute atomic E-state index is 0.0594. The van der Waals surface area contributed by atoms with Gasteiger partial charge in [0.15, 0.2) is 5.78 Å². The van der Waals surface area contributed by atoms with Crippen LogP contribution in [0.15, 0.2) is 24.3 Å². The van der Waals surface area contributed by atoms with Crippen LogP contribution in [0.5, 0.6) is 0 Å². The molecule has 1 N–H and O–H groups in total. The zero-order valence-corrected chi connectivity index (χ0v) is 20.6. The number of ketones is 1. The largest absolute Gasteiger partial charge is 0.381 e. The van der Waals surface area contributed by atoms with E-state index in [9.17, 15) is 14.0 Å². The van der Waals surface area contributed by atoms with Gasteiger partial charge < -0.3 is 15.0 Å². The highest BCUT2D eigenvalue weighted by atomic mass is 19.1. The molecular formula is C28H41FN2O3. The maximum absolute atomic E-state index is 13.1. The lowest BCUT2D eigenvalue weighted by molar-refractivity contribution is -0.123. The van der Waals surface area contributed by atoms with Crippen LogP contribution >= 0.6 is 0 Å². The maximum atomic E-state index is 13.1. The lowest BCUT2D eigenvalue weighted by Crippen LogP contribution is -2.40. The van der Waals surface area contributed by atoms with E-state index in [2.05, 4.69) is 10.2 Å². The average molecular weight is 473 g/mol. The molecule has 4 rings (SSSR count). The highest BCUT2D eigenvalue weighted by Gasteiger charge is 2.31. The molecule has 5 nitrogen and oxygen atoms in total. The van der Waals surface area contributed by atoms with Crippen LogP contribution in [0.1, 0.15) is 81.0 Å². The van der Waals surface area contributed by atoms with Crippen LogP contribution in [0.4, 0.5) is 4.39 Å². The predicted octanol–water partition coefficient (Wildman–Crippen LogP) is 4.99. The molecule has 2 atom stereocenters. The van der Waals surface area contributed by atoms with Crippen molar-refractivity contribution in [2.24, 2.45) is 17.8 Å². The molecule has 0 bridgehead atoms. The molecule has 1 aliphatic heterocycles. The van der Waals surface area contributed by atoms with Crippen LogP contribution in [0.25, 0.3) is 0 Å². The summed E-state index contributed by atoms with van der Waals surface area (Å²) >= 11 is 0. The van der Waals surface area contributed by atoms with Crippen molar-refractivity contribution >= 4 is 11.7 Å². The molecule has 2 aliphatic carbocycles. The number of nitrogens with one attached hydrogen (secondary N) is 1. The SMILES string of the molecule is CO[C@@H]1CCCC1CC(=O)NC1CCC(CCN2CCC(C(=O)c3ccc(F)cc3)CC2)CC1. The summed E-state index contributed by atoms with van der Waals surface area (Å²) in [5, 5.41) is 3.29. The van der Waals surface area contributed by atoms with Gasteiger partial charge in [-0.3, -0.25) is 9.59 Å². The number of hydrogen-bond acceptors (Lipinski definition) is 4. The number of carbonyl (C=O) groups is 2. The number of nitrogens with zero attached hydrogens (tertiary/aromatic N) is 1. The second-order valence-corrected chi connectivity index (χ2v) is 10.7. The first-order chi connectivity index (χ1) is 16.5. The number of carbonyl (C=O) groups excluding carboxylic acids is 2. The molecule has 0 aromatic heterocycles. The topological polar surface area (TPSA) is 58.6 Å². The number of Topliss-reactive ketones (excluding diaryl/α,β-unsaturated/α-hetero) is 1. The Morgan fingerprint density at radius 1 is 1.00 bits per heavy atom. The third-order valence-corrected chi connectivity index (χ3v) is 8.49. The molecule has 6 heteroatoms. The van der Waals surface area contributed by atoms with Gasteiger partial charge in [0, 0.05) is 31.1 Å². The summed E-state index contributed by atoms with van der Waals surface area (Å²) < 4.78 is 18.7. The molecule has 1 unspecified atom stereocenters.